The average molecular weight is 475 g/mol. The number of methoxy groups -OCH3 is 1. The Kier molecular flexibility index (Phi) is 5.90. The Balaban J connectivity index is 1.53. The summed E-state index contributed by atoms with van der Waals surface area (Å²) in [5, 5.41) is 9.93. The van der Waals surface area contributed by atoms with E-state index in [9.17, 15) is 18.0 Å². The highest BCUT2D eigenvalue weighted by molar-refractivity contribution is 7.90. The number of benzene rings is 2. The average Bonchev–Trinajstić information content (AvgIpc) is 3.25. The normalized spacial score (nSPS) is 13.9. The molecule has 1 aromatic heterocycles. The van der Waals surface area contributed by atoms with E-state index in [1.807, 2.05) is 0 Å². The number of rotatable bonds is 5. The van der Waals surface area contributed by atoms with Gasteiger partial charge >= 0.3 is 11.8 Å². The topological polar surface area (TPSA) is 119 Å². The minimum atomic E-state index is -3.36. The van der Waals surface area contributed by atoms with Gasteiger partial charge in [0.25, 0.3) is 0 Å². The number of hydrogen-bond acceptors (Lipinski definition) is 6. The number of anilines is 1. The molecule has 1 aliphatic heterocycles. The summed E-state index contributed by atoms with van der Waals surface area (Å²) in [5.74, 6) is -1.46. The molecule has 32 heavy (non-hydrogen) atoms. The van der Waals surface area contributed by atoms with Crippen LogP contribution in [0.1, 0.15) is 16.8 Å². The zero-order valence-electron chi connectivity index (χ0n) is 17.0. The third-order valence-electron chi connectivity index (χ3n) is 4.91. The first-order chi connectivity index (χ1) is 15.3. The Labute approximate surface area is 189 Å². The number of ether oxygens (including phenoxy) is 1. The van der Waals surface area contributed by atoms with Gasteiger partial charge in [-0.1, -0.05) is 23.7 Å². The molecule has 2 N–H and O–H groups in total. The molecule has 0 radical (unpaired) electrons. The van der Waals surface area contributed by atoms with Crippen LogP contribution in [0.5, 0.6) is 5.75 Å². The number of hydrogen-bond donors (Lipinski definition) is 2. The van der Waals surface area contributed by atoms with Crippen molar-refractivity contribution >= 4 is 39.1 Å². The van der Waals surface area contributed by atoms with Gasteiger partial charge in [-0.3, -0.25) is 9.59 Å². The summed E-state index contributed by atoms with van der Waals surface area (Å²) in [6.45, 7) is 0.138. The monoisotopic (exact) mass is 474 g/mol. The van der Waals surface area contributed by atoms with E-state index in [0.29, 0.717) is 27.7 Å². The van der Waals surface area contributed by atoms with Gasteiger partial charge in [0.15, 0.2) is 9.84 Å². The molecule has 3 aromatic rings. The molecule has 11 heteroatoms. The fraction of sp³-hybridized carbons (Fsp3) is 0.190. The molecule has 1 aliphatic rings. The van der Waals surface area contributed by atoms with E-state index in [4.69, 9.17) is 16.3 Å². The summed E-state index contributed by atoms with van der Waals surface area (Å²) in [5.41, 5.74) is 2.06. The predicted molar refractivity (Wildman–Crippen MR) is 118 cm³/mol. The molecule has 0 fully saturated rings. The number of aromatic nitrogens is 2. The van der Waals surface area contributed by atoms with Gasteiger partial charge < -0.3 is 15.4 Å². The Morgan fingerprint density at radius 1 is 1.06 bits per heavy atom. The van der Waals surface area contributed by atoms with Crippen molar-refractivity contribution in [3.05, 3.63) is 70.4 Å². The van der Waals surface area contributed by atoms with Crippen LogP contribution in [-0.4, -0.2) is 37.1 Å². The Bertz CT molecular complexity index is 1280. The number of nitrogens with one attached hydrogen (secondary N) is 2. The van der Waals surface area contributed by atoms with Crippen molar-refractivity contribution < 1.29 is 22.7 Å². The number of halogens is 1. The summed E-state index contributed by atoms with van der Waals surface area (Å²) in [7, 11) is -1.80. The van der Waals surface area contributed by atoms with Gasteiger partial charge in [0.2, 0.25) is 0 Å². The largest absolute Gasteiger partial charge is 0.497 e. The van der Waals surface area contributed by atoms with Crippen LogP contribution in [0, 0.1) is 0 Å². The molecule has 2 heterocycles. The lowest BCUT2D eigenvalue weighted by Gasteiger charge is -2.11. The standard InChI is InChI=1S/C21H19ClN4O5S/c1-31-16-8-2-13(3-9-16)10-23-20(27)21(28)24-19-17-11-32(29,30)12-18(17)25-26(19)15-6-4-14(22)5-7-15/h2-9H,10-12H2,1H3,(H,23,27)(H,24,28). The highest BCUT2D eigenvalue weighted by Crippen LogP contribution is 2.33. The second-order valence-corrected chi connectivity index (χ2v) is 9.68. The minimum Gasteiger partial charge on any atom is -0.497 e. The van der Waals surface area contributed by atoms with E-state index in [1.54, 1.807) is 55.6 Å². The van der Waals surface area contributed by atoms with Gasteiger partial charge in [-0.2, -0.15) is 5.10 Å². The van der Waals surface area contributed by atoms with E-state index in [2.05, 4.69) is 15.7 Å². The van der Waals surface area contributed by atoms with Crippen LogP contribution in [0.3, 0.4) is 0 Å². The van der Waals surface area contributed by atoms with Crippen molar-refractivity contribution in [3.63, 3.8) is 0 Å². The van der Waals surface area contributed by atoms with E-state index in [-0.39, 0.29) is 23.9 Å². The lowest BCUT2D eigenvalue weighted by Crippen LogP contribution is -2.35. The van der Waals surface area contributed by atoms with Gasteiger partial charge in [-0.15, -0.1) is 0 Å². The molecular weight excluding hydrogens is 456 g/mol. The summed E-state index contributed by atoms with van der Waals surface area (Å²) in [6.07, 6.45) is 0. The number of sulfone groups is 1. The number of nitrogens with zero attached hydrogens (tertiary/aromatic N) is 2. The van der Waals surface area contributed by atoms with Crippen molar-refractivity contribution in [1.29, 1.82) is 0 Å². The number of fused-ring (bicyclic) bond motifs is 1. The van der Waals surface area contributed by atoms with Crippen molar-refractivity contribution in [2.45, 2.75) is 18.1 Å². The molecule has 0 atom stereocenters. The predicted octanol–water partition coefficient (Wildman–Crippen LogP) is 2.22. The highest BCUT2D eigenvalue weighted by Gasteiger charge is 2.33. The van der Waals surface area contributed by atoms with Gasteiger partial charge in [0, 0.05) is 17.1 Å². The number of amides is 2. The molecule has 0 aliphatic carbocycles. The highest BCUT2D eigenvalue weighted by atomic mass is 35.5. The zero-order chi connectivity index (χ0) is 22.9. The lowest BCUT2D eigenvalue weighted by molar-refractivity contribution is -0.136. The molecule has 0 saturated heterocycles. The Hall–Kier alpha value is -3.37. The van der Waals surface area contributed by atoms with Crippen molar-refractivity contribution in [3.8, 4) is 11.4 Å². The minimum absolute atomic E-state index is 0.138. The van der Waals surface area contributed by atoms with Gasteiger partial charge in [-0.25, -0.2) is 13.1 Å². The smallest absolute Gasteiger partial charge is 0.314 e. The summed E-state index contributed by atoms with van der Waals surface area (Å²) in [6, 6.07) is 13.7. The first-order valence-corrected chi connectivity index (χ1v) is 11.7. The molecule has 2 amide bonds. The maximum atomic E-state index is 12.6. The van der Waals surface area contributed by atoms with Crippen LogP contribution in [0.25, 0.3) is 5.69 Å². The van der Waals surface area contributed by atoms with Gasteiger partial charge in [-0.05, 0) is 42.0 Å². The van der Waals surface area contributed by atoms with Crippen LogP contribution in [-0.2, 0) is 37.5 Å². The van der Waals surface area contributed by atoms with Crippen molar-refractivity contribution in [1.82, 2.24) is 15.1 Å². The van der Waals surface area contributed by atoms with Crippen LogP contribution in [0.2, 0.25) is 5.02 Å². The number of carbonyl (C=O) groups is 2. The van der Waals surface area contributed by atoms with Gasteiger partial charge in [0.1, 0.15) is 11.6 Å². The number of carbonyl (C=O) groups excluding carboxylic acids is 2. The van der Waals surface area contributed by atoms with Crippen molar-refractivity contribution in [2.24, 2.45) is 0 Å². The van der Waals surface area contributed by atoms with E-state index in [1.165, 1.54) is 4.68 Å². The molecule has 0 saturated carbocycles. The van der Waals surface area contributed by atoms with E-state index < -0.39 is 21.7 Å². The molecule has 2 aromatic carbocycles. The lowest BCUT2D eigenvalue weighted by atomic mass is 10.2. The van der Waals surface area contributed by atoms with E-state index in [0.717, 1.165) is 5.56 Å². The second-order valence-electron chi connectivity index (χ2n) is 7.18. The van der Waals surface area contributed by atoms with Crippen molar-refractivity contribution in [2.75, 3.05) is 12.4 Å². The zero-order valence-corrected chi connectivity index (χ0v) is 18.5. The SMILES string of the molecule is COc1ccc(CNC(=O)C(=O)Nc2c3c(nn2-c2ccc(Cl)cc2)CS(=O)(=O)C3)cc1. The Morgan fingerprint density at radius 3 is 2.41 bits per heavy atom. The molecule has 4 rings (SSSR count). The molecule has 0 spiro atoms. The van der Waals surface area contributed by atoms with Crippen LogP contribution >= 0.6 is 11.6 Å². The molecular formula is C21H19ClN4O5S. The third-order valence-corrected chi connectivity index (χ3v) is 6.60. The van der Waals surface area contributed by atoms with E-state index >= 15 is 0 Å². The maximum Gasteiger partial charge on any atom is 0.314 e. The molecule has 166 valence electrons. The Morgan fingerprint density at radius 2 is 1.75 bits per heavy atom. The summed E-state index contributed by atoms with van der Waals surface area (Å²) >= 11 is 5.94. The third kappa shape index (κ3) is 4.61. The summed E-state index contributed by atoms with van der Waals surface area (Å²) < 4.78 is 30.6. The fourth-order valence-electron chi connectivity index (χ4n) is 3.31. The van der Waals surface area contributed by atoms with Crippen LogP contribution in [0.15, 0.2) is 48.5 Å². The summed E-state index contributed by atoms with van der Waals surface area (Å²) in [4.78, 5) is 24.9. The first kappa shape index (κ1) is 21.8. The van der Waals surface area contributed by atoms with Gasteiger partial charge in [0.05, 0.1) is 30.0 Å². The molecule has 0 unspecified atom stereocenters. The fourth-order valence-corrected chi connectivity index (χ4v) is 4.93. The second kappa shape index (κ2) is 8.64. The first-order valence-electron chi connectivity index (χ1n) is 9.55. The molecule has 0 bridgehead atoms. The molecule has 9 nitrogen and oxygen atoms in total. The maximum absolute atomic E-state index is 12.6. The van der Waals surface area contributed by atoms with Crippen LogP contribution in [0.4, 0.5) is 5.82 Å². The van der Waals surface area contributed by atoms with Crippen LogP contribution < -0.4 is 15.4 Å². The quantitative estimate of drug-likeness (QED) is 0.547.